The number of rotatable bonds is 8. The molecule has 26 heavy (non-hydrogen) atoms. The molecule has 6 heteroatoms. The fourth-order valence-electron chi connectivity index (χ4n) is 2.24. The number of benzene rings is 2. The zero-order chi connectivity index (χ0) is 18.9. The summed E-state index contributed by atoms with van der Waals surface area (Å²) in [5.74, 6) is -0.905. The molecule has 0 aromatic heterocycles. The lowest BCUT2D eigenvalue weighted by Gasteiger charge is -2.08. The Bertz CT molecular complexity index is 762. The number of amides is 1. The van der Waals surface area contributed by atoms with Gasteiger partial charge in [0.15, 0.2) is 6.61 Å². The van der Waals surface area contributed by atoms with Crippen LogP contribution in [0.4, 0.5) is 4.39 Å². The minimum Gasteiger partial charge on any atom is -0.455 e. The van der Waals surface area contributed by atoms with Crippen molar-refractivity contribution in [1.82, 2.24) is 5.32 Å². The van der Waals surface area contributed by atoms with E-state index in [1.807, 2.05) is 32.0 Å². The van der Waals surface area contributed by atoms with Crippen LogP contribution in [0.1, 0.15) is 16.7 Å². The largest absolute Gasteiger partial charge is 0.455 e. The van der Waals surface area contributed by atoms with Gasteiger partial charge in [-0.1, -0.05) is 29.8 Å². The third-order valence-electron chi connectivity index (χ3n) is 3.70. The minimum atomic E-state index is -0.426. The van der Waals surface area contributed by atoms with E-state index >= 15 is 0 Å². The average molecular weight is 375 g/mol. The molecule has 1 amide bonds. The van der Waals surface area contributed by atoms with Crippen molar-refractivity contribution >= 4 is 23.6 Å². The summed E-state index contributed by atoms with van der Waals surface area (Å²) >= 11 is 1.40. The second kappa shape index (κ2) is 9.97. The molecule has 4 nitrogen and oxygen atoms in total. The van der Waals surface area contributed by atoms with Gasteiger partial charge in [-0.15, -0.1) is 11.8 Å². The SMILES string of the molecule is Cc1ccc(C)c(SCC(=O)OCC(=O)NCCc2ccc(F)cc2)c1. The van der Waals surface area contributed by atoms with E-state index in [2.05, 4.69) is 5.32 Å². The fraction of sp³-hybridized carbons (Fsp3) is 0.300. The Labute approximate surface area is 157 Å². The lowest BCUT2D eigenvalue weighted by molar-refractivity contribution is -0.145. The summed E-state index contributed by atoms with van der Waals surface area (Å²) < 4.78 is 17.8. The van der Waals surface area contributed by atoms with Gasteiger partial charge in [-0.3, -0.25) is 9.59 Å². The molecule has 1 N–H and O–H groups in total. The summed E-state index contributed by atoms with van der Waals surface area (Å²) in [5.41, 5.74) is 3.16. The van der Waals surface area contributed by atoms with Crippen molar-refractivity contribution in [3.63, 3.8) is 0 Å². The number of hydrogen-bond donors (Lipinski definition) is 1. The molecular weight excluding hydrogens is 353 g/mol. The van der Waals surface area contributed by atoms with Gasteiger partial charge in [0.2, 0.25) is 0 Å². The van der Waals surface area contributed by atoms with E-state index in [0.29, 0.717) is 13.0 Å². The van der Waals surface area contributed by atoms with Gasteiger partial charge in [-0.2, -0.15) is 0 Å². The molecule has 138 valence electrons. The summed E-state index contributed by atoms with van der Waals surface area (Å²) in [6.07, 6.45) is 0.586. The predicted molar refractivity (Wildman–Crippen MR) is 101 cm³/mol. The van der Waals surface area contributed by atoms with Crippen molar-refractivity contribution in [2.75, 3.05) is 18.9 Å². The molecule has 0 radical (unpaired) electrons. The topological polar surface area (TPSA) is 55.4 Å². The monoisotopic (exact) mass is 375 g/mol. The Morgan fingerprint density at radius 3 is 2.58 bits per heavy atom. The Kier molecular flexibility index (Phi) is 7.66. The van der Waals surface area contributed by atoms with Crippen LogP contribution in [-0.2, 0) is 20.7 Å². The van der Waals surface area contributed by atoms with Crippen molar-refractivity contribution in [2.24, 2.45) is 0 Å². The highest BCUT2D eigenvalue weighted by atomic mass is 32.2. The molecule has 0 bridgehead atoms. The molecule has 0 aliphatic rings. The molecule has 0 heterocycles. The van der Waals surface area contributed by atoms with Crippen LogP contribution in [-0.4, -0.2) is 30.8 Å². The summed E-state index contributed by atoms with van der Waals surface area (Å²) in [6, 6.07) is 12.2. The number of thioether (sulfide) groups is 1. The van der Waals surface area contributed by atoms with E-state index in [1.54, 1.807) is 12.1 Å². The summed E-state index contributed by atoms with van der Waals surface area (Å²) in [4.78, 5) is 24.5. The van der Waals surface area contributed by atoms with E-state index in [4.69, 9.17) is 4.74 Å². The van der Waals surface area contributed by atoms with Crippen molar-refractivity contribution in [3.05, 3.63) is 65.0 Å². The first-order valence-electron chi connectivity index (χ1n) is 8.31. The van der Waals surface area contributed by atoms with Crippen molar-refractivity contribution in [2.45, 2.75) is 25.2 Å². The number of ether oxygens (including phenoxy) is 1. The fourth-order valence-corrected chi connectivity index (χ4v) is 3.16. The van der Waals surface area contributed by atoms with Gasteiger partial charge in [0, 0.05) is 11.4 Å². The van der Waals surface area contributed by atoms with Crippen molar-refractivity contribution in [1.29, 1.82) is 0 Å². The second-order valence-electron chi connectivity index (χ2n) is 5.94. The highest BCUT2D eigenvalue weighted by Gasteiger charge is 2.09. The van der Waals surface area contributed by atoms with Crippen LogP contribution in [0, 0.1) is 19.7 Å². The van der Waals surface area contributed by atoms with Gasteiger partial charge in [0.05, 0.1) is 5.75 Å². The third kappa shape index (κ3) is 6.88. The number of carbonyl (C=O) groups is 2. The number of hydrogen-bond acceptors (Lipinski definition) is 4. The van der Waals surface area contributed by atoms with Crippen LogP contribution in [0.5, 0.6) is 0 Å². The first-order valence-corrected chi connectivity index (χ1v) is 9.29. The normalized spacial score (nSPS) is 10.4. The Balaban J connectivity index is 1.64. The van der Waals surface area contributed by atoms with Gasteiger partial charge in [0.1, 0.15) is 5.82 Å². The number of esters is 1. The predicted octanol–water partition coefficient (Wildman–Crippen LogP) is 3.44. The summed E-state index contributed by atoms with van der Waals surface area (Å²) in [7, 11) is 0. The quantitative estimate of drug-likeness (QED) is 0.567. The van der Waals surface area contributed by atoms with Gasteiger partial charge < -0.3 is 10.1 Å². The maximum Gasteiger partial charge on any atom is 0.316 e. The van der Waals surface area contributed by atoms with E-state index < -0.39 is 5.97 Å². The highest BCUT2D eigenvalue weighted by molar-refractivity contribution is 8.00. The van der Waals surface area contributed by atoms with Gasteiger partial charge in [-0.05, 0) is 49.6 Å². The maximum atomic E-state index is 12.8. The number of nitrogens with one attached hydrogen (secondary N) is 1. The third-order valence-corrected chi connectivity index (χ3v) is 4.83. The van der Waals surface area contributed by atoms with Gasteiger partial charge in [-0.25, -0.2) is 4.39 Å². The van der Waals surface area contributed by atoms with Gasteiger partial charge in [0.25, 0.3) is 5.91 Å². The van der Waals surface area contributed by atoms with E-state index in [0.717, 1.165) is 21.6 Å². The Hall–Kier alpha value is -2.34. The van der Waals surface area contributed by atoms with Crippen LogP contribution in [0.3, 0.4) is 0 Å². The molecular formula is C20H22FNO3S. The van der Waals surface area contributed by atoms with Crippen LogP contribution in [0.25, 0.3) is 0 Å². The van der Waals surface area contributed by atoms with Gasteiger partial charge >= 0.3 is 5.97 Å². The lowest BCUT2D eigenvalue weighted by Crippen LogP contribution is -2.30. The molecule has 0 spiro atoms. The first-order chi connectivity index (χ1) is 12.4. The van der Waals surface area contributed by atoms with Crippen LogP contribution >= 0.6 is 11.8 Å². The Morgan fingerprint density at radius 2 is 1.85 bits per heavy atom. The average Bonchev–Trinajstić information content (AvgIpc) is 2.62. The Morgan fingerprint density at radius 1 is 1.12 bits per heavy atom. The molecule has 2 aromatic carbocycles. The van der Waals surface area contributed by atoms with Crippen molar-refractivity contribution < 1.29 is 18.7 Å². The molecule has 2 aromatic rings. The van der Waals surface area contributed by atoms with E-state index in [-0.39, 0.29) is 24.1 Å². The molecule has 0 fully saturated rings. The van der Waals surface area contributed by atoms with E-state index in [1.165, 1.54) is 23.9 Å². The smallest absolute Gasteiger partial charge is 0.316 e. The van der Waals surface area contributed by atoms with Crippen LogP contribution in [0.2, 0.25) is 0 Å². The molecule has 0 unspecified atom stereocenters. The minimum absolute atomic E-state index is 0.160. The first kappa shape index (κ1) is 20.0. The van der Waals surface area contributed by atoms with Crippen LogP contribution < -0.4 is 5.32 Å². The molecule has 0 aliphatic carbocycles. The molecule has 0 saturated carbocycles. The zero-order valence-electron chi connectivity index (χ0n) is 14.9. The lowest BCUT2D eigenvalue weighted by atomic mass is 10.1. The highest BCUT2D eigenvalue weighted by Crippen LogP contribution is 2.23. The van der Waals surface area contributed by atoms with E-state index in [9.17, 15) is 14.0 Å². The number of halogens is 1. The molecule has 0 atom stereocenters. The number of aryl methyl sites for hydroxylation is 2. The zero-order valence-corrected chi connectivity index (χ0v) is 15.7. The molecule has 2 rings (SSSR count). The summed E-state index contributed by atoms with van der Waals surface area (Å²) in [6.45, 7) is 4.09. The number of carbonyl (C=O) groups excluding carboxylic acids is 2. The van der Waals surface area contributed by atoms with Crippen molar-refractivity contribution in [3.8, 4) is 0 Å². The van der Waals surface area contributed by atoms with Crippen LogP contribution in [0.15, 0.2) is 47.4 Å². The second-order valence-corrected chi connectivity index (χ2v) is 6.96. The molecule has 0 aliphatic heterocycles. The molecule has 0 saturated heterocycles. The standard InChI is InChI=1S/C20H22FNO3S/c1-14-3-4-15(2)18(11-14)26-13-20(24)25-12-19(23)22-10-9-16-5-7-17(21)8-6-16/h3-8,11H,9-10,12-13H2,1-2H3,(H,22,23). The summed E-state index contributed by atoms with van der Waals surface area (Å²) in [5, 5.41) is 2.67. The maximum absolute atomic E-state index is 12.8.